The van der Waals surface area contributed by atoms with E-state index in [-0.39, 0.29) is 17.5 Å². The van der Waals surface area contributed by atoms with Gasteiger partial charge in [-0.15, -0.1) is 0 Å². The van der Waals surface area contributed by atoms with E-state index in [1.54, 1.807) is 13.1 Å². The van der Waals surface area contributed by atoms with Crippen molar-refractivity contribution in [3.8, 4) is 0 Å². The topological polar surface area (TPSA) is 116 Å². The van der Waals surface area contributed by atoms with Crippen molar-refractivity contribution in [3.05, 3.63) is 18.0 Å². The van der Waals surface area contributed by atoms with Crippen LogP contribution in [-0.2, 0) is 11.3 Å². The first-order valence-electron chi connectivity index (χ1n) is 4.38. The molecule has 1 rings (SSSR count). The van der Waals surface area contributed by atoms with E-state index in [9.17, 15) is 9.59 Å². The van der Waals surface area contributed by atoms with Gasteiger partial charge in [-0.05, 0) is 6.07 Å². The molecule has 1 unspecified atom stereocenters. The number of carbonyl (C=O) groups excluding carboxylic acids is 2. The van der Waals surface area contributed by atoms with Crippen LogP contribution < -0.4 is 17.0 Å². The SMILES string of the molecule is CC(Cn1ccc(C(N)=O)n1)C(=O)NN. The predicted molar refractivity (Wildman–Crippen MR) is 52.2 cm³/mol. The molecule has 82 valence electrons. The van der Waals surface area contributed by atoms with Crippen LogP contribution in [0.25, 0.3) is 0 Å². The molecule has 1 atom stereocenters. The van der Waals surface area contributed by atoms with Gasteiger partial charge in [0.15, 0.2) is 0 Å². The summed E-state index contributed by atoms with van der Waals surface area (Å²) in [5, 5.41) is 3.89. The number of nitrogens with two attached hydrogens (primary N) is 2. The number of aromatic nitrogens is 2. The van der Waals surface area contributed by atoms with Crippen LogP contribution in [0.3, 0.4) is 0 Å². The molecule has 1 aromatic heterocycles. The molecule has 0 saturated carbocycles. The van der Waals surface area contributed by atoms with Gasteiger partial charge in [0.2, 0.25) is 5.91 Å². The monoisotopic (exact) mass is 211 g/mol. The van der Waals surface area contributed by atoms with E-state index in [0.717, 1.165) is 0 Å². The summed E-state index contributed by atoms with van der Waals surface area (Å²) in [7, 11) is 0. The number of primary amides is 1. The van der Waals surface area contributed by atoms with Gasteiger partial charge in [-0.2, -0.15) is 5.10 Å². The van der Waals surface area contributed by atoms with Crippen molar-refractivity contribution in [2.75, 3.05) is 0 Å². The number of nitrogens with zero attached hydrogens (tertiary/aromatic N) is 2. The van der Waals surface area contributed by atoms with Gasteiger partial charge >= 0.3 is 0 Å². The van der Waals surface area contributed by atoms with Crippen LogP contribution in [0.4, 0.5) is 0 Å². The van der Waals surface area contributed by atoms with Crippen molar-refractivity contribution in [1.82, 2.24) is 15.2 Å². The van der Waals surface area contributed by atoms with Crippen molar-refractivity contribution < 1.29 is 9.59 Å². The highest BCUT2D eigenvalue weighted by molar-refractivity contribution is 5.90. The summed E-state index contributed by atoms with van der Waals surface area (Å²) < 4.78 is 1.47. The molecular weight excluding hydrogens is 198 g/mol. The fourth-order valence-corrected chi connectivity index (χ4v) is 1.10. The van der Waals surface area contributed by atoms with E-state index in [0.29, 0.717) is 6.54 Å². The Kier molecular flexibility index (Phi) is 3.40. The highest BCUT2D eigenvalue weighted by Crippen LogP contribution is 2.01. The van der Waals surface area contributed by atoms with E-state index in [2.05, 4.69) is 5.10 Å². The Bertz CT molecular complexity index is 373. The van der Waals surface area contributed by atoms with Crippen LogP contribution in [0.5, 0.6) is 0 Å². The zero-order chi connectivity index (χ0) is 11.4. The molecule has 0 radical (unpaired) electrons. The number of hydrazine groups is 1. The van der Waals surface area contributed by atoms with Gasteiger partial charge in [-0.3, -0.25) is 19.7 Å². The van der Waals surface area contributed by atoms with E-state index >= 15 is 0 Å². The second kappa shape index (κ2) is 4.56. The van der Waals surface area contributed by atoms with Gasteiger partial charge in [0, 0.05) is 6.20 Å². The number of nitrogens with one attached hydrogen (secondary N) is 1. The molecule has 0 aliphatic heterocycles. The average molecular weight is 211 g/mol. The van der Waals surface area contributed by atoms with Crippen LogP contribution in [0.1, 0.15) is 17.4 Å². The zero-order valence-corrected chi connectivity index (χ0v) is 8.30. The Hall–Kier alpha value is -1.89. The lowest BCUT2D eigenvalue weighted by molar-refractivity contribution is -0.125. The van der Waals surface area contributed by atoms with Gasteiger partial charge in [0.05, 0.1) is 12.5 Å². The summed E-state index contributed by atoms with van der Waals surface area (Å²) in [5.41, 5.74) is 7.25. The number of hydrogen-bond donors (Lipinski definition) is 3. The van der Waals surface area contributed by atoms with Gasteiger partial charge in [0.25, 0.3) is 5.91 Å². The summed E-state index contributed by atoms with van der Waals surface area (Å²) in [4.78, 5) is 21.8. The maximum Gasteiger partial charge on any atom is 0.269 e. The van der Waals surface area contributed by atoms with Gasteiger partial charge in [-0.25, -0.2) is 5.84 Å². The fraction of sp³-hybridized carbons (Fsp3) is 0.375. The molecule has 0 saturated heterocycles. The van der Waals surface area contributed by atoms with Crippen LogP contribution >= 0.6 is 0 Å². The first kappa shape index (κ1) is 11.2. The minimum absolute atomic E-state index is 0.176. The third kappa shape index (κ3) is 2.78. The van der Waals surface area contributed by atoms with Crippen LogP contribution in [-0.4, -0.2) is 21.6 Å². The van der Waals surface area contributed by atoms with Crippen LogP contribution in [0.15, 0.2) is 12.3 Å². The molecule has 1 aromatic rings. The summed E-state index contributed by atoms with van der Waals surface area (Å²) in [6.45, 7) is 2.05. The van der Waals surface area contributed by atoms with Crippen molar-refractivity contribution in [1.29, 1.82) is 0 Å². The molecule has 0 spiro atoms. The van der Waals surface area contributed by atoms with E-state index < -0.39 is 5.91 Å². The lowest BCUT2D eigenvalue weighted by atomic mass is 10.2. The highest BCUT2D eigenvalue weighted by atomic mass is 16.2. The summed E-state index contributed by atoms with van der Waals surface area (Å²) >= 11 is 0. The molecule has 0 aliphatic carbocycles. The Morgan fingerprint density at radius 3 is 2.80 bits per heavy atom. The number of rotatable bonds is 4. The maximum atomic E-state index is 11.1. The third-order valence-electron chi connectivity index (χ3n) is 1.94. The largest absolute Gasteiger partial charge is 0.364 e. The first-order valence-corrected chi connectivity index (χ1v) is 4.38. The van der Waals surface area contributed by atoms with Crippen molar-refractivity contribution in [2.45, 2.75) is 13.5 Å². The molecule has 1 heterocycles. The Labute approximate surface area is 86.4 Å². The van der Waals surface area contributed by atoms with Gasteiger partial charge in [0.1, 0.15) is 5.69 Å². The van der Waals surface area contributed by atoms with Crippen molar-refractivity contribution in [2.24, 2.45) is 17.5 Å². The predicted octanol–water partition coefficient (Wildman–Crippen LogP) is -1.39. The van der Waals surface area contributed by atoms with Gasteiger partial charge < -0.3 is 5.73 Å². The zero-order valence-electron chi connectivity index (χ0n) is 8.30. The van der Waals surface area contributed by atoms with Crippen LogP contribution in [0, 0.1) is 5.92 Å². The Morgan fingerprint density at radius 2 is 2.33 bits per heavy atom. The van der Waals surface area contributed by atoms with E-state index in [1.165, 1.54) is 10.7 Å². The molecule has 0 fully saturated rings. The second-order valence-corrected chi connectivity index (χ2v) is 3.20. The number of hydrogen-bond acceptors (Lipinski definition) is 4. The minimum atomic E-state index is -0.593. The molecule has 2 amide bonds. The number of carbonyl (C=O) groups is 2. The fourth-order valence-electron chi connectivity index (χ4n) is 1.10. The summed E-state index contributed by atoms with van der Waals surface area (Å²) in [5.74, 6) is 3.77. The lowest BCUT2D eigenvalue weighted by Gasteiger charge is -2.08. The maximum absolute atomic E-state index is 11.1. The van der Waals surface area contributed by atoms with Crippen LogP contribution in [0.2, 0.25) is 0 Å². The highest BCUT2D eigenvalue weighted by Gasteiger charge is 2.13. The molecule has 0 aliphatic rings. The third-order valence-corrected chi connectivity index (χ3v) is 1.94. The minimum Gasteiger partial charge on any atom is -0.364 e. The molecule has 15 heavy (non-hydrogen) atoms. The lowest BCUT2D eigenvalue weighted by Crippen LogP contribution is -2.36. The number of amides is 2. The average Bonchev–Trinajstić information content (AvgIpc) is 2.65. The van der Waals surface area contributed by atoms with Crippen molar-refractivity contribution in [3.63, 3.8) is 0 Å². The second-order valence-electron chi connectivity index (χ2n) is 3.20. The Balaban J connectivity index is 2.65. The molecule has 0 aromatic carbocycles. The molecule has 5 N–H and O–H groups in total. The Morgan fingerprint density at radius 1 is 1.67 bits per heavy atom. The standard InChI is InChI=1S/C8H13N5O2/c1-5(8(15)11-10)4-13-3-2-6(12-13)7(9)14/h2-3,5H,4,10H2,1H3,(H2,9,14)(H,11,15). The molecule has 0 bridgehead atoms. The molecule has 7 heteroatoms. The van der Waals surface area contributed by atoms with Crippen molar-refractivity contribution >= 4 is 11.8 Å². The van der Waals surface area contributed by atoms with E-state index in [1.807, 2.05) is 5.43 Å². The van der Waals surface area contributed by atoms with Gasteiger partial charge in [-0.1, -0.05) is 6.92 Å². The summed E-state index contributed by atoms with van der Waals surface area (Å²) in [6.07, 6.45) is 1.58. The molecule has 7 nitrogen and oxygen atoms in total. The normalized spacial score (nSPS) is 12.1. The molecular formula is C8H13N5O2. The first-order chi connectivity index (χ1) is 7.04. The van der Waals surface area contributed by atoms with E-state index in [4.69, 9.17) is 11.6 Å². The quantitative estimate of drug-likeness (QED) is 0.323. The smallest absolute Gasteiger partial charge is 0.269 e. The summed E-state index contributed by atoms with van der Waals surface area (Å²) in [6, 6.07) is 1.50.